The fourth-order valence-electron chi connectivity index (χ4n) is 4.56. The highest BCUT2D eigenvalue weighted by atomic mass is 16.5. The molecule has 0 aliphatic rings. The molecule has 1 aromatic heterocycles. The lowest BCUT2D eigenvalue weighted by Gasteiger charge is -2.23. The Morgan fingerprint density at radius 2 is 1.26 bits per heavy atom. The summed E-state index contributed by atoms with van der Waals surface area (Å²) in [7, 11) is 1.63. The molecule has 38 heavy (non-hydrogen) atoms. The minimum absolute atomic E-state index is 0.0269. The van der Waals surface area contributed by atoms with Crippen molar-refractivity contribution in [3.05, 3.63) is 83.5 Å². The van der Waals surface area contributed by atoms with Gasteiger partial charge in [0.25, 0.3) is 0 Å². The molecule has 0 amide bonds. The summed E-state index contributed by atoms with van der Waals surface area (Å²) in [5.74, 6) is 0.750. The van der Waals surface area contributed by atoms with Crippen molar-refractivity contribution in [3.63, 3.8) is 0 Å². The van der Waals surface area contributed by atoms with Gasteiger partial charge in [-0.2, -0.15) is 0 Å². The van der Waals surface area contributed by atoms with Crippen molar-refractivity contribution in [2.45, 2.75) is 0 Å². The molecule has 0 fully saturated rings. The van der Waals surface area contributed by atoms with E-state index in [0.717, 1.165) is 44.9 Å². The fraction of sp³-hybridized carbons (Fsp3) is 0.310. The van der Waals surface area contributed by atoms with Crippen LogP contribution in [-0.4, -0.2) is 74.8 Å². The number of ether oxygens (including phenoxy) is 1. The van der Waals surface area contributed by atoms with Gasteiger partial charge in [-0.15, -0.1) is 4.57 Å². The van der Waals surface area contributed by atoms with Crippen LogP contribution in [0.25, 0.3) is 37.4 Å². The molecule has 4 aromatic rings. The van der Waals surface area contributed by atoms with Crippen LogP contribution >= 0.6 is 0 Å². The number of aliphatic hydroxyl groups excluding tert-OH is 2. The van der Waals surface area contributed by atoms with E-state index in [1.807, 2.05) is 59.5 Å². The molecular formula is C29H31N6O3+. The average Bonchev–Trinajstić information content (AvgIpc) is 2.95. The minimum Gasteiger partial charge on any atom is -0.497 e. The van der Waals surface area contributed by atoms with E-state index in [2.05, 4.69) is 25.2 Å². The predicted octanol–water partition coefficient (Wildman–Crippen LogP) is 3.11. The SMILES string of the molecule is [C-]#[N+]CCN(CC[N+]#[C-])c1ccc2nc3ccc(N(CCO)CCO)cc3[n+](-c3ccc(OC)cc3)c2c1. The summed E-state index contributed by atoms with van der Waals surface area (Å²) < 4.78 is 7.52. The number of hydrogen-bond donors (Lipinski definition) is 2. The van der Waals surface area contributed by atoms with Crippen molar-refractivity contribution in [3.8, 4) is 11.4 Å². The standard InChI is InChI=1S/C29H31N6O3/c1-30-12-14-33(15-13-31-2)23-6-10-26-28(20-23)35(22-4-8-25(38-3)9-5-22)29-21-24(7-11-27(29)32-26)34(16-18-36)17-19-37/h4-11,20-21,36-37H,12-19H2,3H3/q+1. The number of fused-ring (bicyclic) bond motifs is 2. The number of nitrogens with zero attached hydrogens (tertiary/aromatic N) is 6. The molecule has 0 unspecified atom stereocenters. The van der Waals surface area contributed by atoms with E-state index in [1.165, 1.54) is 0 Å². The molecule has 4 rings (SSSR count). The monoisotopic (exact) mass is 511 g/mol. The maximum absolute atomic E-state index is 9.57. The molecule has 2 N–H and O–H groups in total. The van der Waals surface area contributed by atoms with Crippen molar-refractivity contribution in [2.75, 3.05) is 69.4 Å². The molecule has 3 aromatic carbocycles. The lowest BCUT2D eigenvalue weighted by molar-refractivity contribution is -0.538. The Morgan fingerprint density at radius 1 is 0.763 bits per heavy atom. The first kappa shape index (κ1) is 26.6. The molecule has 0 spiro atoms. The van der Waals surface area contributed by atoms with Gasteiger partial charge in [0.05, 0.1) is 33.4 Å². The minimum atomic E-state index is -0.0269. The van der Waals surface area contributed by atoms with Crippen molar-refractivity contribution in [1.82, 2.24) is 4.98 Å². The van der Waals surface area contributed by atoms with Crippen molar-refractivity contribution in [1.29, 1.82) is 0 Å². The van der Waals surface area contributed by atoms with E-state index in [0.29, 0.717) is 39.3 Å². The second-order valence-electron chi connectivity index (χ2n) is 8.68. The van der Waals surface area contributed by atoms with Gasteiger partial charge in [0.2, 0.25) is 29.8 Å². The molecule has 0 radical (unpaired) electrons. The van der Waals surface area contributed by atoms with E-state index in [1.54, 1.807) is 7.11 Å². The Labute approximate surface area is 222 Å². The van der Waals surface area contributed by atoms with Crippen LogP contribution in [0.3, 0.4) is 0 Å². The molecule has 9 heteroatoms. The Kier molecular flexibility index (Phi) is 8.89. The summed E-state index contributed by atoms with van der Waals surface area (Å²) in [5, 5.41) is 19.1. The number of rotatable bonds is 12. The van der Waals surface area contributed by atoms with Gasteiger partial charge in [-0.3, -0.25) is 0 Å². The highest BCUT2D eigenvalue weighted by Crippen LogP contribution is 2.26. The molecule has 0 aliphatic carbocycles. The van der Waals surface area contributed by atoms with Crippen molar-refractivity contribution in [2.24, 2.45) is 0 Å². The topological polar surface area (TPSA) is 81.7 Å². The number of benzene rings is 3. The van der Waals surface area contributed by atoms with E-state index >= 15 is 0 Å². The van der Waals surface area contributed by atoms with Gasteiger partial charge >= 0.3 is 0 Å². The lowest BCUT2D eigenvalue weighted by Crippen LogP contribution is -2.35. The van der Waals surface area contributed by atoms with Crippen LogP contribution in [0.5, 0.6) is 5.75 Å². The van der Waals surface area contributed by atoms with Crippen LogP contribution < -0.4 is 19.1 Å². The number of aliphatic hydroxyl groups is 2. The molecule has 0 saturated carbocycles. The lowest BCUT2D eigenvalue weighted by atomic mass is 10.1. The zero-order valence-electron chi connectivity index (χ0n) is 21.4. The molecule has 1 heterocycles. The van der Waals surface area contributed by atoms with E-state index in [-0.39, 0.29) is 13.2 Å². The van der Waals surface area contributed by atoms with Gasteiger partial charge in [0.15, 0.2) is 0 Å². The Bertz CT molecular complexity index is 1450. The van der Waals surface area contributed by atoms with Crippen LogP contribution in [0.15, 0.2) is 60.7 Å². The summed E-state index contributed by atoms with van der Waals surface area (Å²) in [6, 6.07) is 19.8. The third-order valence-corrected chi connectivity index (χ3v) is 6.40. The van der Waals surface area contributed by atoms with E-state index in [9.17, 15) is 10.2 Å². The van der Waals surface area contributed by atoms with Crippen LogP contribution in [0.4, 0.5) is 11.4 Å². The molecule has 0 bridgehead atoms. The van der Waals surface area contributed by atoms with Gasteiger partial charge in [-0.05, 0) is 36.4 Å². The molecule has 194 valence electrons. The highest BCUT2D eigenvalue weighted by Gasteiger charge is 2.23. The molecule has 9 nitrogen and oxygen atoms in total. The van der Waals surface area contributed by atoms with Gasteiger partial charge < -0.3 is 34.4 Å². The van der Waals surface area contributed by atoms with Crippen molar-refractivity contribution >= 4 is 33.4 Å². The largest absolute Gasteiger partial charge is 0.497 e. The smallest absolute Gasteiger partial charge is 0.239 e. The number of methoxy groups -OCH3 is 1. The summed E-state index contributed by atoms with van der Waals surface area (Å²) in [4.78, 5) is 16.0. The zero-order chi connectivity index (χ0) is 26.9. The van der Waals surface area contributed by atoms with Gasteiger partial charge in [0.1, 0.15) is 16.8 Å². The summed E-state index contributed by atoms with van der Waals surface area (Å²) in [5.41, 5.74) is 6.07. The van der Waals surface area contributed by atoms with E-state index < -0.39 is 0 Å². The highest BCUT2D eigenvalue weighted by molar-refractivity contribution is 5.86. The molecular weight excluding hydrogens is 480 g/mol. The average molecular weight is 512 g/mol. The third kappa shape index (κ3) is 5.76. The van der Waals surface area contributed by atoms with Crippen LogP contribution in [-0.2, 0) is 0 Å². The molecule has 0 aliphatic heterocycles. The normalized spacial score (nSPS) is 10.8. The summed E-state index contributed by atoms with van der Waals surface area (Å²) in [6.07, 6.45) is 0. The first-order valence-electron chi connectivity index (χ1n) is 12.5. The predicted molar refractivity (Wildman–Crippen MR) is 149 cm³/mol. The van der Waals surface area contributed by atoms with Gasteiger partial charge in [0, 0.05) is 48.7 Å². The number of aromatic nitrogens is 2. The first-order chi connectivity index (χ1) is 18.6. The molecule has 0 atom stereocenters. The third-order valence-electron chi connectivity index (χ3n) is 6.40. The Hall–Kier alpha value is -4.44. The second-order valence-corrected chi connectivity index (χ2v) is 8.68. The van der Waals surface area contributed by atoms with Crippen LogP contribution in [0.2, 0.25) is 0 Å². The van der Waals surface area contributed by atoms with Crippen LogP contribution in [0, 0.1) is 13.1 Å². The maximum Gasteiger partial charge on any atom is 0.239 e. The number of hydrogen-bond acceptors (Lipinski definition) is 6. The van der Waals surface area contributed by atoms with E-state index in [4.69, 9.17) is 22.9 Å². The zero-order valence-corrected chi connectivity index (χ0v) is 21.4. The Morgan fingerprint density at radius 3 is 1.71 bits per heavy atom. The second kappa shape index (κ2) is 12.7. The summed E-state index contributed by atoms with van der Waals surface area (Å²) in [6.45, 7) is 17.0. The summed E-state index contributed by atoms with van der Waals surface area (Å²) >= 11 is 0. The van der Waals surface area contributed by atoms with Crippen LogP contribution in [0.1, 0.15) is 0 Å². The van der Waals surface area contributed by atoms with Crippen molar-refractivity contribution < 1.29 is 19.5 Å². The molecule has 0 saturated heterocycles. The van der Waals surface area contributed by atoms with Gasteiger partial charge in [-0.1, -0.05) is 0 Å². The van der Waals surface area contributed by atoms with Gasteiger partial charge in [-0.25, -0.2) is 18.1 Å². The fourth-order valence-corrected chi connectivity index (χ4v) is 4.56. The number of anilines is 2. The quantitative estimate of drug-likeness (QED) is 0.173. The maximum atomic E-state index is 9.57. The Balaban J connectivity index is 1.97. The first-order valence-corrected chi connectivity index (χ1v) is 12.5.